The van der Waals surface area contributed by atoms with Crippen molar-refractivity contribution in [1.82, 2.24) is 25.4 Å². The number of methoxy groups -OCH3 is 1. The first-order chi connectivity index (χ1) is 10.3. The third kappa shape index (κ3) is 3.05. The minimum atomic E-state index is 0.647. The van der Waals surface area contributed by atoms with Crippen molar-refractivity contribution in [2.75, 3.05) is 7.11 Å². The molecule has 0 unspecified atom stereocenters. The molecule has 1 aromatic carbocycles. The molecule has 0 amide bonds. The average Bonchev–Trinajstić information content (AvgIpc) is 3.14. The first-order valence-electron chi connectivity index (χ1n) is 6.24. The molecule has 0 aliphatic rings. The number of aromatic nitrogens is 5. The van der Waals surface area contributed by atoms with Gasteiger partial charge in [0.25, 0.3) is 0 Å². The highest BCUT2D eigenvalue weighted by Crippen LogP contribution is 2.23. The lowest BCUT2D eigenvalue weighted by atomic mass is 10.3. The van der Waals surface area contributed by atoms with Crippen molar-refractivity contribution in [3.63, 3.8) is 0 Å². The van der Waals surface area contributed by atoms with E-state index in [0.717, 1.165) is 22.9 Å². The van der Waals surface area contributed by atoms with Gasteiger partial charge in [0.2, 0.25) is 5.16 Å². The number of ether oxygens (including phenoxy) is 1. The Morgan fingerprint density at radius 3 is 2.76 bits per heavy atom. The molecule has 0 bridgehead atoms. The van der Waals surface area contributed by atoms with Gasteiger partial charge in [-0.05, 0) is 41.6 Å². The lowest BCUT2D eigenvalue weighted by Crippen LogP contribution is -1.99. The molecule has 0 saturated heterocycles. The van der Waals surface area contributed by atoms with E-state index in [1.165, 1.54) is 11.8 Å². The van der Waals surface area contributed by atoms with Crippen LogP contribution in [0, 0.1) is 6.92 Å². The van der Waals surface area contributed by atoms with Gasteiger partial charge in [-0.1, -0.05) is 16.9 Å². The fourth-order valence-electron chi connectivity index (χ4n) is 1.78. The van der Waals surface area contributed by atoms with E-state index in [9.17, 15) is 0 Å². The van der Waals surface area contributed by atoms with Crippen LogP contribution in [0.1, 0.15) is 11.5 Å². The van der Waals surface area contributed by atoms with E-state index >= 15 is 0 Å². The monoisotopic (exact) mass is 303 g/mol. The molecule has 108 valence electrons. The molecule has 0 aliphatic carbocycles. The molecule has 0 saturated carbocycles. The van der Waals surface area contributed by atoms with Crippen molar-refractivity contribution in [3.05, 3.63) is 41.8 Å². The van der Waals surface area contributed by atoms with Gasteiger partial charge in [0.15, 0.2) is 0 Å². The number of aryl methyl sites for hydroxylation is 1. The molecular weight excluding hydrogens is 290 g/mol. The molecule has 2 heterocycles. The summed E-state index contributed by atoms with van der Waals surface area (Å²) in [5.74, 6) is 2.23. The summed E-state index contributed by atoms with van der Waals surface area (Å²) in [5, 5.41) is 16.4. The van der Waals surface area contributed by atoms with Crippen LogP contribution in [-0.2, 0) is 5.75 Å². The van der Waals surface area contributed by atoms with E-state index in [1.807, 2.05) is 37.3 Å². The summed E-state index contributed by atoms with van der Waals surface area (Å²) in [7, 11) is 1.63. The number of hydrogen-bond donors (Lipinski definition) is 0. The van der Waals surface area contributed by atoms with Crippen molar-refractivity contribution >= 4 is 11.8 Å². The fraction of sp³-hybridized carbons (Fsp3) is 0.231. The molecule has 21 heavy (non-hydrogen) atoms. The fourth-order valence-corrected chi connectivity index (χ4v) is 2.55. The van der Waals surface area contributed by atoms with E-state index in [4.69, 9.17) is 9.26 Å². The Balaban J connectivity index is 1.76. The molecule has 8 heteroatoms. The normalized spacial score (nSPS) is 10.8. The van der Waals surface area contributed by atoms with Crippen LogP contribution in [-0.4, -0.2) is 32.5 Å². The number of rotatable bonds is 5. The molecule has 0 atom stereocenters. The highest BCUT2D eigenvalue weighted by atomic mass is 32.2. The van der Waals surface area contributed by atoms with Gasteiger partial charge >= 0.3 is 0 Å². The maximum Gasteiger partial charge on any atom is 0.214 e. The highest BCUT2D eigenvalue weighted by Gasteiger charge is 2.10. The van der Waals surface area contributed by atoms with E-state index in [0.29, 0.717) is 10.9 Å². The lowest BCUT2D eigenvalue weighted by Gasteiger charge is -2.04. The molecule has 3 rings (SSSR count). The van der Waals surface area contributed by atoms with Crippen LogP contribution in [0.4, 0.5) is 0 Å². The Bertz CT molecular complexity index is 722. The third-order valence-electron chi connectivity index (χ3n) is 2.78. The molecular formula is C13H13N5O2S. The second kappa shape index (κ2) is 5.96. The van der Waals surface area contributed by atoms with Crippen LogP contribution in [0.3, 0.4) is 0 Å². The van der Waals surface area contributed by atoms with E-state index in [1.54, 1.807) is 11.8 Å². The number of nitrogens with zero attached hydrogens (tertiary/aromatic N) is 5. The summed E-state index contributed by atoms with van der Waals surface area (Å²) in [4.78, 5) is 0. The zero-order valence-electron chi connectivity index (χ0n) is 11.6. The predicted octanol–water partition coefficient (Wildman–Crippen LogP) is 2.26. The summed E-state index contributed by atoms with van der Waals surface area (Å²) in [5.41, 5.74) is 1.74. The van der Waals surface area contributed by atoms with Gasteiger partial charge in [-0.15, -0.1) is 5.10 Å². The third-order valence-corrected chi connectivity index (χ3v) is 3.74. The molecule has 2 aromatic heterocycles. The maximum absolute atomic E-state index is 5.14. The Morgan fingerprint density at radius 1 is 1.29 bits per heavy atom. The Labute approximate surface area is 125 Å². The largest absolute Gasteiger partial charge is 0.497 e. The van der Waals surface area contributed by atoms with Gasteiger partial charge < -0.3 is 9.26 Å². The number of hydrogen-bond acceptors (Lipinski definition) is 7. The second-order valence-corrected chi connectivity index (χ2v) is 5.23. The minimum absolute atomic E-state index is 0.647. The van der Waals surface area contributed by atoms with Gasteiger partial charge in [0.1, 0.15) is 11.5 Å². The van der Waals surface area contributed by atoms with E-state index in [2.05, 4.69) is 20.7 Å². The van der Waals surface area contributed by atoms with Crippen LogP contribution < -0.4 is 4.74 Å². The van der Waals surface area contributed by atoms with E-state index < -0.39 is 0 Å². The minimum Gasteiger partial charge on any atom is -0.497 e. The van der Waals surface area contributed by atoms with Gasteiger partial charge in [-0.25, -0.2) is 0 Å². The quantitative estimate of drug-likeness (QED) is 0.669. The summed E-state index contributed by atoms with van der Waals surface area (Å²) in [6.07, 6.45) is 0. The van der Waals surface area contributed by atoms with E-state index in [-0.39, 0.29) is 0 Å². The summed E-state index contributed by atoms with van der Waals surface area (Å²) in [6.45, 7) is 1.86. The Kier molecular flexibility index (Phi) is 3.87. The molecule has 7 nitrogen and oxygen atoms in total. The van der Waals surface area contributed by atoms with Gasteiger partial charge in [0.05, 0.1) is 18.5 Å². The average molecular weight is 303 g/mol. The zero-order valence-corrected chi connectivity index (χ0v) is 12.4. The molecule has 3 aromatic rings. The van der Waals surface area contributed by atoms with Crippen molar-refractivity contribution in [2.24, 2.45) is 0 Å². The smallest absolute Gasteiger partial charge is 0.214 e. The standard InChI is InChI=1S/C13H13N5O2S/c1-9-7-10(15-20-9)8-21-13-14-16-17-18(13)11-3-5-12(19-2)6-4-11/h3-7H,8H2,1-2H3. The summed E-state index contributed by atoms with van der Waals surface area (Å²) < 4.78 is 11.9. The van der Waals surface area contributed by atoms with Crippen LogP contribution in [0.5, 0.6) is 5.75 Å². The second-order valence-electron chi connectivity index (χ2n) is 4.29. The van der Waals surface area contributed by atoms with Crippen molar-refractivity contribution < 1.29 is 9.26 Å². The highest BCUT2D eigenvalue weighted by molar-refractivity contribution is 7.98. The summed E-state index contributed by atoms with van der Waals surface area (Å²) >= 11 is 1.50. The Hall–Kier alpha value is -2.35. The number of thioether (sulfide) groups is 1. The van der Waals surface area contributed by atoms with Gasteiger partial charge in [-0.3, -0.25) is 0 Å². The molecule has 0 radical (unpaired) electrons. The first-order valence-corrected chi connectivity index (χ1v) is 7.22. The predicted molar refractivity (Wildman–Crippen MR) is 76.5 cm³/mol. The topological polar surface area (TPSA) is 78.9 Å². The van der Waals surface area contributed by atoms with Crippen LogP contribution in [0.25, 0.3) is 5.69 Å². The van der Waals surface area contributed by atoms with Crippen LogP contribution >= 0.6 is 11.8 Å². The number of tetrazole rings is 1. The van der Waals surface area contributed by atoms with Gasteiger partial charge in [-0.2, -0.15) is 4.68 Å². The summed E-state index contributed by atoms with van der Waals surface area (Å²) in [6, 6.07) is 9.44. The maximum atomic E-state index is 5.14. The van der Waals surface area contributed by atoms with Crippen molar-refractivity contribution in [1.29, 1.82) is 0 Å². The van der Waals surface area contributed by atoms with Crippen molar-refractivity contribution in [3.8, 4) is 11.4 Å². The molecule has 0 aliphatic heterocycles. The Morgan fingerprint density at radius 2 is 2.10 bits per heavy atom. The SMILES string of the molecule is COc1ccc(-n2nnnc2SCc2cc(C)on2)cc1. The molecule has 0 N–H and O–H groups in total. The first kappa shape index (κ1) is 13.6. The molecule has 0 spiro atoms. The molecule has 0 fully saturated rings. The zero-order chi connectivity index (χ0) is 14.7. The van der Waals surface area contributed by atoms with Gasteiger partial charge in [0, 0.05) is 11.8 Å². The lowest BCUT2D eigenvalue weighted by molar-refractivity contribution is 0.393. The van der Waals surface area contributed by atoms with Crippen LogP contribution in [0.2, 0.25) is 0 Å². The number of benzene rings is 1. The van der Waals surface area contributed by atoms with Crippen LogP contribution in [0.15, 0.2) is 40.0 Å². The van der Waals surface area contributed by atoms with Crippen molar-refractivity contribution in [2.45, 2.75) is 17.8 Å².